The standard InChI is InChI=1S/C24H21Cl2FN4O5S/c1-37(34,35)31(21-11-17(25)10-18(26)12-21)14-23(32)30-28-13-16-2-8-22(9-3-16)36-15-24(33)29-20-6-4-19(27)5-7-20/h2-13H,14-15H2,1H3,(H,29,33)(H,30,32)/b28-13-. The highest BCUT2D eigenvalue weighted by Crippen LogP contribution is 2.26. The number of hydrogen-bond acceptors (Lipinski definition) is 6. The van der Waals surface area contributed by atoms with Crippen LogP contribution in [0.15, 0.2) is 71.8 Å². The third kappa shape index (κ3) is 9.05. The molecule has 3 aromatic carbocycles. The van der Waals surface area contributed by atoms with E-state index in [0.717, 1.165) is 10.6 Å². The van der Waals surface area contributed by atoms with Crippen molar-refractivity contribution in [2.24, 2.45) is 5.10 Å². The predicted molar refractivity (Wildman–Crippen MR) is 141 cm³/mol. The largest absolute Gasteiger partial charge is 0.484 e. The summed E-state index contributed by atoms with van der Waals surface area (Å²) in [5, 5.41) is 6.85. The van der Waals surface area contributed by atoms with Gasteiger partial charge in [-0.25, -0.2) is 18.2 Å². The van der Waals surface area contributed by atoms with Crippen molar-refractivity contribution < 1.29 is 27.1 Å². The van der Waals surface area contributed by atoms with Gasteiger partial charge in [0.25, 0.3) is 11.8 Å². The van der Waals surface area contributed by atoms with Crippen LogP contribution >= 0.6 is 23.2 Å². The molecule has 2 N–H and O–H groups in total. The maximum Gasteiger partial charge on any atom is 0.262 e. The zero-order valence-electron chi connectivity index (χ0n) is 19.3. The fraction of sp³-hybridized carbons (Fsp3) is 0.125. The minimum atomic E-state index is -3.81. The normalized spacial score (nSPS) is 11.2. The average Bonchev–Trinajstić information content (AvgIpc) is 2.82. The zero-order chi connectivity index (χ0) is 27.0. The fourth-order valence-corrected chi connectivity index (χ4v) is 4.31. The Balaban J connectivity index is 1.51. The van der Waals surface area contributed by atoms with E-state index in [-0.39, 0.29) is 22.3 Å². The van der Waals surface area contributed by atoms with Crippen LogP contribution in [0.25, 0.3) is 0 Å². The molecule has 194 valence electrons. The molecule has 0 radical (unpaired) electrons. The molecule has 0 unspecified atom stereocenters. The first-order valence-electron chi connectivity index (χ1n) is 10.5. The molecule has 0 saturated carbocycles. The van der Waals surface area contributed by atoms with Gasteiger partial charge >= 0.3 is 0 Å². The summed E-state index contributed by atoms with van der Waals surface area (Å²) in [6, 6.07) is 16.0. The molecule has 0 atom stereocenters. The molecule has 2 amide bonds. The van der Waals surface area contributed by atoms with Gasteiger partial charge in [-0.15, -0.1) is 0 Å². The molecular weight excluding hydrogens is 546 g/mol. The smallest absolute Gasteiger partial charge is 0.262 e. The molecule has 0 aliphatic heterocycles. The second kappa shape index (κ2) is 12.5. The van der Waals surface area contributed by atoms with Crippen LogP contribution in [0.4, 0.5) is 15.8 Å². The number of carbonyl (C=O) groups is 2. The Bertz CT molecular complexity index is 1380. The number of nitrogens with zero attached hydrogens (tertiary/aromatic N) is 2. The predicted octanol–water partition coefficient (Wildman–Crippen LogP) is 4.07. The van der Waals surface area contributed by atoms with Crippen molar-refractivity contribution in [1.82, 2.24) is 5.43 Å². The van der Waals surface area contributed by atoms with E-state index in [0.29, 0.717) is 17.0 Å². The Morgan fingerprint density at radius 3 is 2.22 bits per heavy atom. The number of sulfonamides is 1. The second-order valence-corrected chi connectivity index (χ2v) is 10.4. The highest BCUT2D eigenvalue weighted by atomic mass is 35.5. The highest BCUT2D eigenvalue weighted by molar-refractivity contribution is 7.92. The van der Waals surface area contributed by atoms with Gasteiger partial charge in [-0.2, -0.15) is 5.10 Å². The summed E-state index contributed by atoms with van der Waals surface area (Å²) in [4.78, 5) is 24.3. The van der Waals surface area contributed by atoms with Crippen molar-refractivity contribution in [2.45, 2.75) is 0 Å². The minimum absolute atomic E-state index is 0.140. The van der Waals surface area contributed by atoms with Crippen LogP contribution < -0.4 is 19.8 Å². The van der Waals surface area contributed by atoms with Gasteiger partial charge in [0.05, 0.1) is 18.2 Å². The lowest BCUT2D eigenvalue weighted by molar-refractivity contribution is -0.119. The van der Waals surface area contributed by atoms with Gasteiger partial charge in [0.1, 0.15) is 18.1 Å². The number of nitrogens with one attached hydrogen (secondary N) is 2. The second-order valence-electron chi connectivity index (χ2n) is 7.60. The Labute approximate surface area is 222 Å². The first kappa shape index (κ1) is 27.9. The number of carbonyl (C=O) groups excluding carboxylic acids is 2. The van der Waals surface area contributed by atoms with Gasteiger partial charge in [-0.3, -0.25) is 13.9 Å². The summed E-state index contributed by atoms with van der Waals surface area (Å²) < 4.78 is 43.6. The number of anilines is 2. The Morgan fingerprint density at radius 1 is 1.00 bits per heavy atom. The lowest BCUT2D eigenvalue weighted by atomic mass is 10.2. The van der Waals surface area contributed by atoms with Crippen molar-refractivity contribution >= 4 is 62.6 Å². The van der Waals surface area contributed by atoms with Gasteiger partial charge in [0.2, 0.25) is 10.0 Å². The third-order valence-corrected chi connectivity index (χ3v) is 6.18. The quantitative estimate of drug-likeness (QED) is 0.283. The van der Waals surface area contributed by atoms with E-state index < -0.39 is 34.2 Å². The van der Waals surface area contributed by atoms with E-state index >= 15 is 0 Å². The molecule has 0 aromatic heterocycles. The van der Waals surface area contributed by atoms with Crippen LogP contribution in [0, 0.1) is 5.82 Å². The van der Waals surface area contributed by atoms with Crippen LogP contribution in [-0.2, 0) is 19.6 Å². The molecule has 3 aromatic rings. The number of benzene rings is 3. The lowest BCUT2D eigenvalue weighted by Gasteiger charge is -2.21. The lowest BCUT2D eigenvalue weighted by Crippen LogP contribution is -2.39. The molecule has 0 aliphatic rings. The summed E-state index contributed by atoms with van der Waals surface area (Å²) in [6.45, 7) is -0.796. The van der Waals surface area contributed by atoms with Crippen molar-refractivity contribution in [3.8, 4) is 5.75 Å². The topological polar surface area (TPSA) is 117 Å². The Hall–Kier alpha value is -3.67. The maximum absolute atomic E-state index is 12.9. The molecule has 0 fully saturated rings. The maximum atomic E-state index is 12.9. The molecule has 0 bridgehead atoms. The number of rotatable bonds is 10. The first-order valence-corrected chi connectivity index (χ1v) is 13.1. The number of hydrazone groups is 1. The van der Waals surface area contributed by atoms with Crippen LogP contribution in [0.5, 0.6) is 5.75 Å². The SMILES string of the molecule is CS(=O)(=O)N(CC(=O)N/N=C\c1ccc(OCC(=O)Nc2ccc(F)cc2)cc1)c1cc(Cl)cc(Cl)c1. The van der Waals surface area contributed by atoms with Gasteiger partial charge < -0.3 is 10.1 Å². The van der Waals surface area contributed by atoms with Gasteiger partial charge in [0.15, 0.2) is 6.61 Å². The number of amides is 2. The van der Waals surface area contributed by atoms with Crippen molar-refractivity contribution in [2.75, 3.05) is 29.0 Å². The third-order valence-electron chi connectivity index (χ3n) is 4.60. The summed E-state index contributed by atoms with van der Waals surface area (Å²) in [6.07, 6.45) is 2.30. The van der Waals surface area contributed by atoms with E-state index in [9.17, 15) is 22.4 Å². The molecule has 0 heterocycles. The van der Waals surface area contributed by atoms with E-state index in [4.69, 9.17) is 27.9 Å². The molecule has 0 spiro atoms. The number of halogens is 3. The van der Waals surface area contributed by atoms with E-state index in [1.54, 1.807) is 24.3 Å². The van der Waals surface area contributed by atoms with Crippen molar-refractivity contribution in [3.05, 3.63) is 88.2 Å². The summed E-state index contributed by atoms with van der Waals surface area (Å²) in [7, 11) is -3.81. The van der Waals surface area contributed by atoms with Crippen LogP contribution in [0.3, 0.4) is 0 Å². The molecular formula is C24H21Cl2FN4O5S. The summed E-state index contributed by atoms with van der Waals surface area (Å²) in [5.41, 5.74) is 3.45. The molecule has 37 heavy (non-hydrogen) atoms. The Kier molecular flexibility index (Phi) is 9.45. The van der Waals surface area contributed by atoms with E-state index in [1.807, 2.05) is 0 Å². The van der Waals surface area contributed by atoms with Crippen molar-refractivity contribution in [3.63, 3.8) is 0 Å². The molecule has 0 saturated heterocycles. The first-order chi connectivity index (χ1) is 17.5. The van der Waals surface area contributed by atoms with Gasteiger partial charge in [-0.05, 0) is 72.3 Å². The fourth-order valence-electron chi connectivity index (χ4n) is 2.96. The number of ether oxygens (including phenoxy) is 1. The summed E-state index contributed by atoms with van der Waals surface area (Å²) in [5.74, 6) is -1.09. The highest BCUT2D eigenvalue weighted by Gasteiger charge is 2.21. The monoisotopic (exact) mass is 566 g/mol. The molecule has 0 aliphatic carbocycles. The van der Waals surface area contributed by atoms with E-state index in [2.05, 4.69) is 15.8 Å². The number of hydrogen-bond donors (Lipinski definition) is 2. The van der Waals surface area contributed by atoms with E-state index in [1.165, 1.54) is 48.7 Å². The minimum Gasteiger partial charge on any atom is -0.484 e. The van der Waals surface area contributed by atoms with Crippen LogP contribution in [-0.4, -0.2) is 45.9 Å². The van der Waals surface area contributed by atoms with Crippen LogP contribution in [0.2, 0.25) is 10.0 Å². The summed E-state index contributed by atoms with van der Waals surface area (Å²) >= 11 is 11.9. The molecule has 3 rings (SSSR count). The van der Waals surface area contributed by atoms with Crippen molar-refractivity contribution in [1.29, 1.82) is 0 Å². The average molecular weight is 567 g/mol. The van der Waals surface area contributed by atoms with Gasteiger partial charge in [0, 0.05) is 15.7 Å². The zero-order valence-corrected chi connectivity index (χ0v) is 21.6. The Morgan fingerprint density at radius 2 is 1.62 bits per heavy atom. The molecule has 9 nitrogen and oxygen atoms in total. The van der Waals surface area contributed by atoms with Gasteiger partial charge in [-0.1, -0.05) is 23.2 Å². The molecule has 13 heteroatoms. The van der Waals surface area contributed by atoms with Crippen LogP contribution in [0.1, 0.15) is 5.56 Å².